The van der Waals surface area contributed by atoms with Crippen LogP contribution >= 0.6 is 11.6 Å². The summed E-state index contributed by atoms with van der Waals surface area (Å²) in [6, 6.07) is 1.27. The Bertz CT molecular complexity index is 395. The number of alkyl halides is 3. The van der Waals surface area contributed by atoms with Crippen LogP contribution < -0.4 is 5.32 Å². The van der Waals surface area contributed by atoms with Crippen molar-refractivity contribution in [2.75, 3.05) is 32.5 Å². The fourth-order valence-corrected chi connectivity index (χ4v) is 1.43. The van der Waals surface area contributed by atoms with Gasteiger partial charge in [0.05, 0.1) is 0 Å². The van der Waals surface area contributed by atoms with Gasteiger partial charge in [-0.2, -0.15) is 13.2 Å². The Hall–Kier alpha value is -1.08. The minimum Gasteiger partial charge on any atom is -0.370 e. The van der Waals surface area contributed by atoms with Gasteiger partial charge in [0.25, 0.3) is 0 Å². The van der Waals surface area contributed by atoms with Crippen molar-refractivity contribution in [2.45, 2.75) is 12.6 Å². The Morgan fingerprint density at radius 2 is 2.00 bits per heavy atom. The molecule has 0 aliphatic heterocycles. The molecular weight excluding hydrogens is 269 g/mol. The van der Waals surface area contributed by atoms with E-state index in [0.29, 0.717) is 6.54 Å². The number of nitrogens with one attached hydrogen (secondary N) is 1. The summed E-state index contributed by atoms with van der Waals surface area (Å²) in [5, 5.41) is 2.56. The highest BCUT2D eigenvalue weighted by Crippen LogP contribution is 2.28. The predicted molar refractivity (Wildman–Crippen MR) is 63.7 cm³/mol. The number of hydrogen-bond donors (Lipinski definition) is 1. The van der Waals surface area contributed by atoms with Crippen LogP contribution in [0.3, 0.4) is 0 Å². The van der Waals surface area contributed by atoms with E-state index in [-0.39, 0.29) is 11.0 Å². The Kier molecular flexibility index (Phi) is 5.15. The first kappa shape index (κ1) is 15.0. The molecule has 0 spiro atoms. The van der Waals surface area contributed by atoms with Gasteiger partial charge in [-0.05, 0) is 27.1 Å². The highest BCUT2D eigenvalue weighted by atomic mass is 35.5. The van der Waals surface area contributed by atoms with Crippen molar-refractivity contribution in [1.29, 1.82) is 0 Å². The molecule has 0 atom stereocenters. The first-order valence-corrected chi connectivity index (χ1v) is 5.67. The molecule has 102 valence electrons. The predicted octanol–water partition coefficient (Wildman–Crippen LogP) is 2.51. The average Bonchev–Trinajstić information content (AvgIpc) is 2.22. The molecule has 1 aromatic rings. The number of aromatic nitrogens is 2. The maximum atomic E-state index is 12.4. The highest BCUT2D eigenvalue weighted by molar-refractivity contribution is 6.29. The van der Waals surface area contributed by atoms with Crippen LogP contribution in [0, 0.1) is 0 Å². The van der Waals surface area contributed by atoms with Crippen LogP contribution in [0.1, 0.15) is 12.2 Å². The van der Waals surface area contributed by atoms with Crippen LogP contribution in [0.5, 0.6) is 0 Å². The van der Waals surface area contributed by atoms with Crippen LogP contribution in [-0.4, -0.2) is 42.1 Å². The normalized spacial score (nSPS) is 11.9. The monoisotopic (exact) mass is 282 g/mol. The Labute approximate surface area is 108 Å². The van der Waals surface area contributed by atoms with Crippen LogP contribution in [0.15, 0.2) is 6.07 Å². The van der Waals surface area contributed by atoms with E-state index in [1.54, 1.807) is 0 Å². The SMILES string of the molecule is CN(C)CCCNc1cc(Cl)nc(C(F)(F)F)n1. The van der Waals surface area contributed by atoms with Crippen LogP contribution in [0.25, 0.3) is 0 Å². The fourth-order valence-electron chi connectivity index (χ4n) is 1.25. The summed E-state index contributed by atoms with van der Waals surface area (Å²) in [7, 11) is 3.84. The molecule has 4 nitrogen and oxygen atoms in total. The van der Waals surface area contributed by atoms with Crippen molar-refractivity contribution in [1.82, 2.24) is 14.9 Å². The van der Waals surface area contributed by atoms with Gasteiger partial charge in [0.1, 0.15) is 11.0 Å². The zero-order valence-electron chi connectivity index (χ0n) is 10.1. The van der Waals surface area contributed by atoms with E-state index >= 15 is 0 Å². The van der Waals surface area contributed by atoms with Gasteiger partial charge in [-0.1, -0.05) is 11.6 Å². The summed E-state index contributed by atoms with van der Waals surface area (Å²) in [5.41, 5.74) is 0. The van der Waals surface area contributed by atoms with Gasteiger partial charge in [0, 0.05) is 12.6 Å². The first-order chi connectivity index (χ1) is 8.29. The van der Waals surface area contributed by atoms with E-state index in [0.717, 1.165) is 13.0 Å². The van der Waals surface area contributed by atoms with E-state index in [9.17, 15) is 13.2 Å². The van der Waals surface area contributed by atoms with E-state index in [1.807, 2.05) is 19.0 Å². The van der Waals surface area contributed by atoms with E-state index in [2.05, 4.69) is 15.3 Å². The lowest BCUT2D eigenvalue weighted by molar-refractivity contribution is -0.144. The van der Waals surface area contributed by atoms with Crippen molar-refractivity contribution in [3.8, 4) is 0 Å². The van der Waals surface area contributed by atoms with Crippen LogP contribution in [0.4, 0.5) is 19.0 Å². The zero-order chi connectivity index (χ0) is 13.8. The topological polar surface area (TPSA) is 41.0 Å². The van der Waals surface area contributed by atoms with Crippen LogP contribution in [0.2, 0.25) is 5.15 Å². The van der Waals surface area contributed by atoms with Crippen molar-refractivity contribution in [3.63, 3.8) is 0 Å². The van der Waals surface area contributed by atoms with Gasteiger partial charge >= 0.3 is 6.18 Å². The van der Waals surface area contributed by atoms with Gasteiger partial charge in [0.2, 0.25) is 5.82 Å². The second-order valence-corrected chi connectivity index (χ2v) is 4.37. The number of rotatable bonds is 5. The lowest BCUT2D eigenvalue weighted by Gasteiger charge is -2.11. The summed E-state index contributed by atoms with van der Waals surface area (Å²) < 4.78 is 37.3. The van der Waals surface area contributed by atoms with E-state index in [1.165, 1.54) is 6.07 Å². The van der Waals surface area contributed by atoms with Crippen LogP contribution in [-0.2, 0) is 6.18 Å². The minimum atomic E-state index is -4.59. The van der Waals surface area contributed by atoms with Gasteiger partial charge in [-0.25, -0.2) is 9.97 Å². The molecule has 8 heteroatoms. The zero-order valence-corrected chi connectivity index (χ0v) is 10.8. The molecule has 0 saturated heterocycles. The van der Waals surface area contributed by atoms with Crippen molar-refractivity contribution in [3.05, 3.63) is 17.0 Å². The van der Waals surface area contributed by atoms with Gasteiger partial charge in [-0.3, -0.25) is 0 Å². The maximum Gasteiger partial charge on any atom is 0.451 e. The summed E-state index contributed by atoms with van der Waals surface area (Å²) in [4.78, 5) is 8.50. The maximum absolute atomic E-state index is 12.4. The van der Waals surface area contributed by atoms with E-state index < -0.39 is 12.0 Å². The van der Waals surface area contributed by atoms with Gasteiger partial charge in [-0.15, -0.1) is 0 Å². The van der Waals surface area contributed by atoms with Crippen molar-refractivity contribution in [2.24, 2.45) is 0 Å². The lowest BCUT2D eigenvalue weighted by Crippen LogP contribution is -2.17. The average molecular weight is 283 g/mol. The summed E-state index contributed by atoms with van der Waals surface area (Å²) in [6.45, 7) is 1.35. The molecule has 0 saturated carbocycles. The highest BCUT2D eigenvalue weighted by Gasteiger charge is 2.35. The largest absolute Gasteiger partial charge is 0.451 e. The minimum absolute atomic E-state index is 0.0843. The van der Waals surface area contributed by atoms with Gasteiger partial charge in [0.15, 0.2) is 0 Å². The molecule has 0 aliphatic rings. The third-order valence-corrected chi connectivity index (χ3v) is 2.23. The molecule has 0 aliphatic carbocycles. The standard InChI is InChI=1S/C10H14ClF3N4/c1-18(2)5-3-4-15-8-6-7(11)16-9(17-8)10(12,13)14/h6H,3-5H2,1-2H3,(H,15,16,17). The summed E-state index contributed by atoms with van der Waals surface area (Å²) >= 11 is 5.52. The Morgan fingerprint density at radius 1 is 1.33 bits per heavy atom. The molecule has 0 radical (unpaired) electrons. The molecule has 0 amide bonds. The van der Waals surface area contributed by atoms with E-state index in [4.69, 9.17) is 11.6 Å². The molecule has 0 fully saturated rings. The molecular formula is C10H14ClF3N4. The fraction of sp³-hybridized carbons (Fsp3) is 0.600. The summed E-state index contributed by atoms with van der Waals surface area (Å²) in [5.74, 6) is -1.15. The third-order valence-electron chi connectivity index (χ3n) is 2.04. The first-order valence-electron chi connectivity index (χ1n) is 5.29. The lowest BCUT2D eigenvalue weighted by atomic mass is 10.4. The quantitative estimate of drug-likeness (QED) is 0.665. The van der Waals surface area contributed by atoms with Crippen molar-refractivity contribution >= 4 is 17.4 Å². The number of halogens is 4. The Morgan fingerprint density at radius 3 is 2.56 bits per heavy atom. The molecule has 1 N–H and O–H groups in total. The van der Waals surface area contributed by atoms with Gasteiger partial charge < -0.3 is 10.2 Å². The molecule has 0 bridgehead atoms. The molecule has 1 aromatic heterocycles. The molecule has 0 unspecified atom stereocenters. The smallest absolute Gasteiger partial charge is 0.370 e. The second kappa shape index (κ2) is 6.19. The number of hydrogen-bond acceptors (Lipinski definition) is 4. The number of nitrogens with zero attached hydrogens (tertiary/aromatic N) is 3. The molecule has 1 rings (SSSR count). The summed E-state index contributed by atoms with van der Waals surface area (Å²) in [6.07, 6.45) is -3.80. The molecule has 1 heterocycles. The Balaban J connectivity index is 2.63. The molecule has 18 heavy (non-hydrogen) atoms. The molecule has 0 aromatic carbocycles. The second-order valence-electron chi connectivity index (χ2n) is 3.98. The van der Waals surface area contributed by atoms with Crippen molar-refractivity contribution < 1.29 is 13.2 Å². The number of anilines is 1. The third kappa shape index (κ3) is 5.05.